The van der Waals surface area contributed by atoms with Gasteiger partial charge in [-0.2, -0.15) is 0 Å². The molecule has 2 aromatic rings. The molecule has 0 aliphatic carbocycles. The number of carbonyl (C=O) groups is 2. The summed E-state index contributed by atoms with van der Waals surface area (Å²) in [6, 6.07) is 3.13. The Kier molecular flexibility index (Phi) is 6.69. The fourth-order valence-electron chi connectivity index (χ4n) is 2.71. The molecule has 0 bridgehead atoms. The lowest BCUT2D eigenvalue weighted by atomic mass is 10.0. The highest BCUT2D eigenvalue weighted by Crippen LogP contribution is 2.21. The van der Waals surface area contributed by atoms with E-state index in [0.717, 1.165) is 9.86 Å². The number of hydrogen-bond acceptors (Lipinski definition) is 6. The van der Waals surface area contributed by atoms with Gasteiger partial charge >= 0.3 is 5.97 Å². The van der Waals surface area contributed by atoms with Gasteiger partial charge in [0.05, 0.1) is 28.6 Å². The number of amides is 1. The standard InChI is InChI=1S/C16H17BrN4O3.ClH/c1-2-24-16(23)10-6-19-8-13(10)21-15(22)12-4-3-9-5-18-7-11(17)14(9)20-12;/h3-5,7,10,13,19H,2,6,8H2,1H3,(H,21,22);1H. The second-order valence-corrected chi connectivity index (χ2v) is 6.34. The van der Waals surface area contributed by atoms with Crippen LogP contribution in [-0.2, 0) is 9.53 Å². The monoisotopic (exact) mass is 428 g/mol. The molecule has 0 aromatic carbocycles. The first-order valence-corrected chi connectivity index (χ1v) is 8.48. The molecule has 9 heteroatoms. The van der Waals surface area contributed by atoms with Crippen molar-refractivity contribution in [3.63, 3.8) is 0 Å². The second-order valence-electron chi connectivity index (χ2n) is 5.49. The lowest BCUT2D eigenvalue weighted by Crippen LogP contribution is -2.43. The first-order chi connectivity index (χ1) is 11.6. The van der Waals surface area contributed by atoms with Crippen LogP contribution in [0.4, 0.5) is 0 Å². The first kappa shape index (κ1) is 19.6. The van der Waals surface area contributed by atoms with E-state index >= 15 is 0 Å². The number of rotatable bonds is 4. The Morgan fingerprint density at radius 2 is 2.16 bits per heavy atom. The van der Waals surface area contributed by atoms with Crippen molar-refractivity contribution in [3.05, 3.63) is 34.7 Å². The van der Waals surface area contributed by atoms with E-state index in [0.29, 0.717) is 30.9 Å². The number of ether oxygens (including phenoxy) is 1. The molecule has 1 amide bonds. The molecule has 3 heterocycles. The first-order valence-electron chi connectivity index (χ1n) is 7.68. The molecule has 25 heavy (non-hydrogen) atoms. The SMILES string of the molecule is CCOC(=O)C1CNCC1NC(=O)c1ccc2cncc(Br)c2n1.Cl. The van der Waals surface area contributed by atoms with Crippen LogP contribution >= 0.6 is 28.3 Å². The summed E-state index contributed by atoms with van der Waals surface area (Å²) in [5.41, 5.74) is 0.966. The highest BCUT2D eigenvalue weighted by Gasteiger charge is 2.35. The Balaban J connectivity index is 0.00000225. The third-order valence-electron chi connectivity index (χ3n) is 3.91. The van der Waals surface area contributed by atoms with Crippen LogP contribution < -0.4 is 10.6 Å². The van der Waals surface area contributed by atoms with Gasteiger partial charge in [0.25, 0.3) is 5.91 Å². The van der Waals surface area contributed by atoms with Gasteiger partial charge in [-0.25, -0.2) is 4.98 Å². The van der Waals surface area contributed by atoms with Crippen molar-refractivity contribution in [3.8, 4) is 0 Å². The summed E-state index contributed by atoms with van der Waals surface area (Å²) in [5, 5.41) is 6.82. The Morgan fingerprint density at radius 3 is 2.92 bits per heavy atom. The number of halogens is 2. The number of aromatic nitrogens is 2. The zero-order valence-corrected chi connectivity index (χ0v) is 15.9. The number of pyridine rings is 2. The molecule has 0 spiro atoms. The molecule has 2 N–H and O–H groups in total. The van der Waals surface area contributed by atoms with Crippen molar-refractivity contribution >= 4 is 51.1 Å². The molecule has 1 aliphatic rings. The maximum absolute atomic E-state index is 12.5. The van der Waals surface area contributed by atoms with Gasteiger partial charge in [-0.15, -0.1) is 12.4 Å². The fraction of sp³-hybridized carbons (Fsp3) is 0.375. The number of carbonyl (C=O) groups excluding carboxylic acids is 2. The number of nitrogens with one attached hydrogen (secondary N) is 2. The smallest absolute Gasteiger partial charge is 0.312 e. The van der Waals surface area contributed by atoms with Crippen LogP contribution in [0.1, 0.15) is 17.4 Å². The largest absolute Gasteiger partial charge is 0.466 e. The zero-order valence-electron chi connectivity index (χ0n) is 13.5. The summed E-state index contributed by atoms with van der Waals surface area (Å²) in [4.78, 5) is 32.9. The van der Waals surface area contributed by atoms with E-state index in [1.54, 1.807) is 31.5 Å². The fourth-order valence-corrected chi connectivity index (χ4v) is 3.14. The van der Waals surface area contributed by atoms with Crippen LogP contribution in [0.25, 0.3) is 10.9 Å². The van der Waals surface area contributed by atoms with Crippen molar-refractivity contribution in [1.82, 2.24) is 20.6 Å². The normalized spacial score (nSPS) is 19.3. The van der Waals surface area contributed by atoms with Crippen LogP contribution in [0.2, 0.25) is 0 Å². The summed E-state index contributed by atoms with van der Waals surface area (Å²) in [7, 11) is 0. The molecule has 7 nitrogen and oxygen atoms in total. The molecule has 0 saturated carbocycles. The molecular weight excluding hydrogens is 412 g/mol. The average molecular weight is 430 g/mol. The van der Waals surface area contributed by atoms with Gasteiger partial charge in [0.1, 0.15) is 5.69 Å². The van der Waals surface area contributed by atoms with E-state index in [1.807, 2.05) is 0 Å². The maximum Gasteiger partial charge on any atom is 0.312 e. The Bertz CT molecular complexity index is 789. The molecule has 134 valence electrons. The molecular formula is C16H18BrClN4O3. The van der Waals surface area contributed by atoms with E-state index in [9.17, 15) is 9.59 Å². The molecule has 2 unspecified atom stereocenters. The molecule has 2 atom stereocenters. The van der Waals surface area contributed by atoms with E-state index in [1.165, 1.54) is 0 Å². The average Bonchev–Trinajstić information content (AvgIpc) is 3.03. The third kappa shape index (κ3) is 4.26. The van der Waals surface area contributed by atoms with Gasteiger partial charge in [0, 0.05) is 30.9 Å². The predicted molar refractivity (Wildman–Crippen MR) is 98.7 cm³/mol. The van der Waals surface area contributed by atoms with Crippen LogP contribution in [0.3, 0.4) is 0 Å². The Morgan fingerprint density at radius 1 is 1.36 bits per heavy atom. The van der Waals surface area contributed by atoms with Gasteiger partial charge in [-0.1, -0.05) is 0 Å². The second kappa shape index (κ2) is 8.55. The van der Waals surface area contributed by atoms with Crippen LogP contribution in [0, 0.1) is 5.92 Å². The van der Waals surface area contributed by atoms with Crippen molar-refractivity contribution in [2.24, 2.45) is 5.92 Å². The van der Waals surface area contributed by atoms with Gasteiger partial charge in [0.15, 0.2) is 0 Å². The molecule has 0 radical (unpaired) electrons. The van der Waals surface area contributed by atoms with Gasteiger partial charge in [0.2, 0.25) is 0 Å². The van der Waals surface area contributed by atoms with Crippen molar-refractivity contribution in [1.29, 1.82) is 0 Å². The van der Waals surface area contributed by atoms with Crippen molar-refractivity contribution < 1.29 is 14.3 Å². The third-order valence-corrected chi connectivity index (χ3v) is 4.49. The number of nitrogens with zero attached hydrogens (tertiary/aromatic N) is 2. The minimum Gasteiger partial charge on any atom is -0.466 e. The van der Waals surface area contributed by atoms with E-state index in [4.69, 9.17) is 4.74 Å². The number of esters is 1. The quantitative estimate of drug-likeness (QED) is 0.719. The highest BCUT2D eigenvalue weighted by molar-refractivity contribution is 9.10. The lowest BCUT2D eigenvalue weighted by molar-refractivity contribution is -0.147. The molecule has 1 aliphatic heterocycles. The Hall–Kier alpha value is -1.77. The van der Waals surface area contributed by atoms with Crippen LogP contribution in [0.15, 0.2) is 29.0 Å². The highest BCUT2D eigenvalue weighted by atomic mass is 79.9. The van der Waals surface area contributed by atoms with Crippen molar-refractivity contribution in [2.45, 2.75) is 13.0 Å². The minimum absolute atomic E-state index is 0. The summed E-state index contributed by atoms with van der Waals surface area (Å²) < 4.78 is 5.78. The molecule has 1 fully saturated rings. The Labute approximate surface area is 159 Å². The predicted octanol–water partition coefficient (Wildman–Crippen LogP) is 1.70. The van der Waals surface area contributed by atoms with Gasteiger partial charge in [-0.05, 0) is 35.0 Å². The van der Waals surface area contributed by atoms with Gasteiger partial charge < -0.3 is 15.4 Å². The zero-order chi connectivity index (χ0) is 17.1. The summed E-state index contributed by atoms with van der Waals surface area (Å²) in [5.74, 6) is -0.998. The minimum atomic E-state index is -0.384. The summed E-state index contributed by atoms with van der Waals surface area (Å²) >= 11 is 3.39. The van der Waals surface area contributed by atoms with Crippen molar-refractivity contribution in [2.75, 3.05) is 19.7 Å². The molecule has 2 aromatic heterocycles. The van der Waals surface area contributed by atoms with E-state index in [2.05, 4.69) is 36.5 Å². The lowest BCUT2D eigenvalue weighted by Gasteiger charge is -2.18. The molecule has 1 saturated heterocycles. The van der Waals surface area contributed by atoms with E-state index < -0.39 is 0 Å². The number of hydrogen-bond donors (Lipinski definition) is 2. The summed E-state index contributed by atoms with van der Waals surface area (Å²) in [6.45, 7) is 3.10. The van der Waals surface area contributed by atoms with Crippen LogP contribution in [-0.4, -0.2) is 47.6 Å². The topological polar surface area (TPSA) is 93.2 Å². The number of fused-ring (bicyclic) bond motifs is 1. The molecule has 3 rings (SSSR count). The van der Waals surface area contributed by atoms with Crippen LogP contribution in [0.5, 0.6) is 0 Å². The summed E-state index contributed by atoms with van der Waals surface area (Å²) in [6.07, 6.45) is 3.32. The van der Waals surface area contributed by atoms with E-state index in [-0.39, 0.29) is 36.2 Å². The maximum atomic E-state index is 12.5. The van der Waals surface area contributed by atoms with Gasteiger partial charge in [-0.3, -0.25) is 14.6 Å².